The maximum Gasteiger partial charge on any atom is 0.190 e. The summed E-state index contributed by atoms with van der Waals surface area (Å²) in [5.74, 6) is 0.744. The lowest BCUT2D eigenvalue weighted by atomic mass is 10.2. The van der Waals surface area contributed by atoms with Gasteiger partial charge in [-0.3, -0.25) is 0 Å². The highest BCUT2D eigenvalue weighted by molar-refractivity contribution is 7.98. The van der Waals surface area contributed by atoms with Crippen molar-refractivity contribution < 1.29 is 4.74 Å². The SMILES string of the molecule is CCC(COC)Nc1cc(Cl)nc(SC)n1. The van der Waals surface area contributed by atoms with Crippen molar-refractivity contribution in [1.82, 2.24) is 9.97 Å². The van der Waals surface area contributed by atoms with Crippen LogP contribution in [0, 0.1) is 0 Å². The van der Waals surface area contributed by atoms with Gasteiger partial charge in [-0.25, -0.2) is 9.97 Å². The van der Waals surface area contributed by atoms with E-state index in [-0.39, 0.29) is 6.04 Å². The van der Waals surface area contributed by atoms with E-state index in [0.717, 1.165) is 12.2 Å². The minimum absolute atomic E-state index is 0.241. The summed E-state index contributed by atoms with van der Waals surface area (Å²) in [4.78, 5) is 8.40. The summed E-state index contributed by atoms with van der Waals surface area (Å²) in [5, 5.41) is 4.39. The largest absolute Gasteiger partial charge is 0.383 e. The first-order valence-corrected chi connectivity index (χ1v) is 6.64. The highest BCUT2D eigenvalue weighted by atomic mass is 35.5. The van der Waals surface area contributed by atoms with Gasteiger partial charge in [-0.2, -0.15) is 0 Å². The molecule has 16 heavy (non-hydrogen) atoms. The minimum Gasteiger partial charge on any atom is -0.383 e. The van der Waals surface area contributed by atoms with Crippen LogP contribution in [-0.4, -0.2) is 36.0 Å². The number of rotatable bonds is 6. The van der Waals surface area contributed by atoms with Crippen molar-refractivity contribution in [2.75, 3.05) is 25.3 Å². The smallest absolute Gasteiger partial charge is 0.190 e. The molecule has 0 fully saturated rings. The molecule has 0 aliphatic heterocycles. The molecule has 1 heterocycles. The van der Waals surface area contributed by atoms with E-state index in [0.29, 0.717) is 16.9 Å². The van der Waals surface area contributed by atoms with E-state index >= 15 is 0 Å². The van der Waals surface area contributed by atoms with Crippen molar-refractivity contribution in [2.24, 2.45) is 0 Å². The standard InChI is InChI=1S/C10H16ClN3OS/c1-4-7(6-15-2)12-9-5-8(11)13-10(14-9)16-3/h5,7H,4,6H2,1-3H3,(H,12,13,14). The first-order chi connectivity index (χ1) is 7.69. The minimum atomic E-state index is 0.241. The number of methoxy groups -OCH3 is 1. The quantitative estimate of drug-likeness (QED) is 0.485. The third kappa shape index (κ3) is 4.15. The fourth-order valence-electron chi connectivity index (χ4n) is 1.23. The van der Waals surface area contributed by atoms with Crippen LogP contribution in [0.3, 0.4) is 0 Å². The molecule has 1 unspecified atom stereocenters. The predicted molar refractivity (Wildman–Crippen MR) is 68.4 cm³/mol. The molecule has 4 nitrogen and oxygen atoms in total. The molecular formula is C10H16ClN3OS. The van der Waals surface area contributed by atoms with Gasteiger partial charge in [0, 0.05) is 13.2 Å². The Kier molecular flexibility index (Phi) is 5.87. The summed E-state index contributed by atoms with van der Waals surface area (Å²) in [7, 11) is 1.69. The Morgan fingerprint density at radius 1 is 1.56 bits per heavy atom. The van der Waals surface area contributed by atoms with E-state index in [4.69, 9.17) is 16.3 Å². The summed E-state index contributed by atoms with van der Waals surface area (Å²) >= 11 is 7.36. The topological polar surface area (TPSA) is 47.0 Å². The van der Waals surface area contributed by atoms with Gasteiger partial charge in [0.2, 0.25) is 0 Å². The van der Waals surface area contributed by atoms with Crippen LogP contribution in [0.5, 0.6) is 0 Å². The van der Waals surface area contributed by atoms with E-state index in [1.54, 1.807) is 13.2 Å². The monoisotopic (exact) mass is 261 g/mol. The third-order valence-corrected chi connectivity index (χ3v) is 2.81. The molecule has 0 spiro atoms. The Morgan fingerprint density at radius 2 is 2.31 bits per heavy atom. The predicted octanol–water partition coefficient (Wildman–Crippen LogP) is 2.69. The van der Waals surface area contributed by atoms with Crippen LogP contribution >= 0.6 is 23.4 Å². The molecule has 1 aromatic rings. The number of nitrogens with one attached hydrogen (secondary N) is 1. The molecule has 0 amide bonds. The van der Waals surface area contributed by atoms with E-state index in [1.165, 1.54) is 11.8 Å². The zero-order chi connectivity index (χ0) is 12.0. The zero-order valence-electron chi connectivity index (χ0n) is 9.66. The molecule has 6 heteroatoms. The maximum absolute atomic E-state index is 5.90. The van der Waals surface area contributed by atoms with Gasteiger partial charge in [0.05, 0.1) is 12.6 Å². The Hall–Kier alpha value is -0.520. The summed E-state index contributed by atoms with van der Waals surface area (Å²) in [5.41, 5.74) is 0. The number of anilines is 1. The van der Waals surface area contributed by atoms with E-state index in [1.807, 2.05) is 6.26 Å². The Balaban J connectivity index is 2.74. The van der Waals surface area contributed by atoms with Gasteiger partial charge in [-0.05, 0) is 12.7 Å². The number of nitrogens with zero attached hydrogens (tertiary/aromatic N) is 2. The lowest BCUT2D eigenvalue weighted by Gasteiger charge is -2.16. The molecule has 1 aromatic heterocycles. The van der Waals surface area contributed by atoms with Gasteiger partial charge >= 0.3 is 0 Å². The van der Waals surface area contributed by atoms with E-state index < -0.39 is 0 Å². The number of aromatic nitrogens is 2. The van der Waals surface area contributed by atoms with Gasteiger partial charge < -0.3 is 10.1 Å². The van der Waals surface area contributed by atoms with Crippen LogP contribution in [0.1, 0.15) is 13.3 Å². The van der Waals surface area contributed by atoms with Crippen LogP contribution in [-0.2, 0) is 4.74 Å². The van der Waals surface area contributed by atoms with Crippen LogP contribution in [0.15, 0.2) is 11.2 Å². The molecule has 0 aliphatic rings. The molecule has 0 radical (unpaired) electrons. The van der Waals surface area contributed by atoms with Gasteiger partial charge in [0.25, 0.3) is 0 Å². The average Bonchev–Trinajstić information content (AvgIpc) is 2.27. The van der Waals surface area contributed by atoms with Crippen LogP contribution in [0.2, 0.25) is 5.15 Å². The van der Waals surface area contributed by atoms with E-state index in [2.05, 4.69) is 22.2 Å². The van der Waals surface area contributed by atoms with Crippen LogP contribution < -0.4 is 5.32 Å². The second-order valence-corrected chi connectivity index (χ2v) is 4.43. The van der Waals surface area contributed by atoms with Gasteiger partial charge in [-0.1, -0.05) is 30.3 Å². The van der Waals surface area contributed by atoms with Crippen molar-refractivity contribution in [2.45, 2.75) is 24.5 Å². The molecular weight excluding hydrogens is 246 g/mol. The Labute approximate surface area is 105 Å². The van der Waals surface area contributed by atoms with Gasteiger partial charge in [0.15, 0.2) is 5.16 Å². The first kappa shape index (κ1) is 13.5. The highest BCUT2D eigenvalue weighted by Crippen LogP contribution is 2.18. The molecule has 0 bridgehead atoms. The lowest BCUT2D eigenvalue weighted by molar-refractivity contribution is 0.184. The fraction of sp³-hybridized carbons (Fsp3) is 0.600. The molecule has 0 saturated heterocycles. The molecule has 0 aromatic carbocycles. The molecule has 0 aliphatic carbocycles. The number of ether oxygens (including phenoxy) is 1. The second-order valence-electron chi connectivity index (χ2n) is 3.27. The highest BCUT2D eigenvalue weighted by Gasteiger charge is 2.08. The van der Waals surface area contributed by atoms with Crippen molar-refractivity contribution in [3.63, 3.8) is 0 Å². The number of hydrogen-bond acceptors (Lipinski definition) is 5. The summed E-state index contributed by atoms with van der Waals surface area (Å²) in [6.07, 6.45) is 2.88. The average molecular weight is 262 g/mol. The van der Waals surface area contributed by atoms with Crippen LogP contribution in [0.25, 0.3) is 0 Å². The molecule has 90 valence electrons. The second kappa shape index (κ2) is 6.93. The van der Waals surface area contributed by atoms with Crippen molar-refractivity contribution in [3.05, 3.63) is 11.2 Å². The van der Waals surface area contributed by atoms with Crippen molar-refractivity contribution >= 4 is 29.2 Å². The Bertz CT molecular complexity index is 338. The zero-order valence-corrected chi connectivity index (χ0v) is 11.2. The first-order valence-electron chi connectivity index (χ1n) is 5.03. The normalized spacial score (nSPS) is 12.5. The third-order valence-electron chi connectivity index (χ3n) is 2.07. The maximum atomic E-state index is 5.90. The number of halogens is 1. The number of thioether (sulfide) groups is 1. The number of hydrogen-bond donors (Lipinski definition) is 1. The molecule has 1 atom stereocenters. The Morgan fingerprint density at radius 3 is 2.88 bits per heavy atom. The van der Waals surface area contributed by atoms with Crippen molar-refractivity contribution in [1.29, 1.82) is 0 Å². The molecule has 0 saturated carbocycles. The van der Waals surface area contributed by atoms with Gasteiger partial charge in [-0.15, -0.1) is 0 Å². The van der Waals surface area contributed by atoms with E-state index in [9.17, 15) is 0 Å². The fourth-order valence-corrected chi connectivity index (χ4v) is 1.85. The summed E-state index contributed by atoms with van der Waals surface area (Å²) < 4.78 is 5.11. The van der Waals surface area contributed by atoms with Gasteiger partial charge in [0.1, 0.15) is 11.0 Å². The molecule has 1 rings (SSSR count). The summed E-state index contributed by atoms with van der Waals surface area (Å²) in [6, 6.07) is 1.96. The molecule has 1 N–H and O–H groups in total. The van der Waals surface area contributed by atoms with Crippen LogP contribution in [0.4, 0.5) is 5.82 Å². The summed E-state index contributed by atoms with van der Waals surface area (Å²) in [6.45, 7) is 2.74. The lowest BCUT2D eigenvalue weighted by Crippen LogP contribution is -2.24. The van der Waals surface area contributed by atoms with Crippen molar-refractivity contribution in [3.8, 4) is 0 Å².